The first-order valence-corrected chi connectivity index (χ1v) is 7.18. The van der Waals surface area contributed by atoms with Crippen molar-refractivity contribution in [2.24, 2.45) is 5.92 Å². The molecular formula is C16H26FNO. The Morgan fingerprint density at radius 1 is 1.26 bits per heavy atom. The second kappa shape index (κ2) is 9.05. The zero-order chi connectivity index (χ0) is 14.1. The normalized spacial score (nSPS) is 12.9. The van der Waals surface area contributed by atoms with Crippen molar-refractivity contribution in [1.29, 1.82) is 0 Å². The molecular weight excluding hydrogens is 241 g/mol. The van der Waals surface area contributed by atoms with E-state index < -0.39 is 0 Å². The van der Waals surface area contributed by atoms with E-state index in [1.165, 1.54) is 6.07 Å². The van der Waals surface area contributed by atoms with E-state index in [4.69, 9.17) is 4.74 Å². The topological polar surface area (TPSA) is 21.3 Å². The van der Waals surface area contributed by atoms with E-state index in [1.54, 1.807) is 6.07 Å². The molecule has 1 aromatic carbocycles. The van der Waals surface area contributed by atoms with Crippen LogP contribution in [-0.4, -0.2) is 26.3 Å². The summed E-state index contributed by atoms with van der Waals surface area (Å²) in [5, 5.41) is 3.30. The molecule has 2 nitrogen and oxygen atoms in total. The Morgan fingerprint density at radius 3 is 2.63 bits per heavy atom. The lowest BCUT2D eigenvalue weighted by molar-refractivity contribution is 0.103. The molecule has 0 saturated carbocycles. The van der Waals surface area contributed by atoms with Crippen LogP contribution in [-0.2, 0) is 4.74 Å². The molecule has 0 spiro atoms. The van der Waals surface area contributed by atoms with E-state index >= 15 is 0 Å². The second-order valence-corrected chi connectivity index (χ2v) is 5.28. The highest BCUT2D eigenvalue weighted by Crippen LogP contribution is 2.22. The van der Waals surface area contributed by atoms with E-state index in [0.717, 1.165) is 31.7 Å². The molecule has 1 N–H and O–H groups in total. The lowest BCUT2D eigenvalue weighted by atomic mass is 9.95. The van der Waals surface area contributed by atoms with Crippen LogP contribution in [0, 0.1) is 11.7 Å². The summed E-state index contributed by atoms with van der Waals surface area (Å²) in [6.07, 6.45) is 0.848. The van der Waals surface area contributed by atoms with Crippen LogP contribution in [0.1, 0.15) is 38.7 Å². The van der Waals surface area contributed by atoms with Gasteiger partial charge in [0.1, 0.15) is 5.82 Å². The maximum atomic E-state index is 13.8. The third-order valence-corrected chi connectivity index (χ3v) is 3.05. The third kappa shape index (κ3) is 6.17. The molecule has 0 saturated heterocycles. The highest BCUT2D eigenvalue weighted by Gasteiger charge is 2.14. The van der Waals surface area contributed by atoms with Crippen molar-refractivity contribution in [2.75, 3.05) is 26.3 Å². The first kappa shape index (κ1) is 16.1. The van der Waals surface area contributed by atoms with E-state index in [2.05, 4.69) is 26.1 Å². The number of ether oxygens (including phenoxy) is 1. The number of halogens is 1. The summed E-state index contributed by atoms with van der Waals surface area (Å²) in [7, 11) is 0. The Hall–Kier alpha value is -0.930. The van der Waals surface area contributed by atoms with Gasteiger partial charge in [-0.1, -0.05) is 39.0 Å². The fourth-order valence-electron chi connectivity index (χ4n) is 2.04. The van der Waals surface area contributed by atoms with Crippen LogP contribution in [0.3, 0.4) is 0 Å². The predicted molar refractivity (Wildman–Crippen MR) is 78.0 cm³/mol. The van der Waals surface area contributed by atoms with Crippen molar-refractivity contribution >= 4 is 0 Å². The lowest BCUT2D eigenvalue weighted by Crippen LogP contribution is -2.23. The molecule has 3 heteroatoms. The van der Waals surface area contributed by atoms with Gasteiger partial charge in [-0.05, 0) is 30.5 Å². The van der Waals surface area contributed by atoms with Crippen molar-refractivity contribution in [1.82, 2.24) is 5.32 Å². The molecule has 0 radical (unpaired) electrons. The zero-order valence-electron chi connectivity index (χ0n) is 12.3. The predicted octanol–water partition coefficient (Wildman–Crippen LogP) is 3.58. The fourth-order valence-corrected chi connectivity index (χ4v) is 2.04. The number of rotatable bonds is 9. The summed E-state index contributed by atoms with van der Waals surface area (Å²) in [5.74, 6) is 0.600. The van der Waals surface area contributed by atoms with Crippen LogP contribution in [0.25, 0.3) is 0 Å². The molecule has 19 heavy (non-hydrogen) atoms. The molecule has 0 heterocycles. The van der Waals surface area contributed by atoms with Crippen molar-refractivity contribution in [3.8, 4) is 0 Å². The molecule has 108 valence electrons. The molecule has 1 unspecified atom stereocenters. The summed E-state index contributed by atoms with van der Waals surface area (Å²) in [6, 6.07) is 7.04. The molecule has 1 rings (SSSR count). The monoisotopic (exact) mass is 267 g/mol. The summed E-state index contributed by atoms with van der Waals surface area (Å²) in [5.41, 5.74) is 0.789. The van der Waals surface area contributed by atoms with Crippen molar-refractivity contribution < 1.29 is 9.13 Å². The van der Waals surface area contributed by atoms with Gasteiger partial charge in [0.25, 0.3) is 0 Å². The van der Waals surface area contributed by atoms with Crippen LogP contribution < -0.4 is 5.32 Å². The first-order chi connectivity index (χ1) is 9.15. The molecule has 0 aromatic heterocycles. The van der Waals surface area contributed by atoms with Gasteiger partial charge in [0.2, 0.25) is 0 Å². The van der Waals surface area contributed by atoms with E-state index in [0.29, 0.717) is 12.5 Å². The van der Waals surface area contributed by atoms with Gasteiger partial charge in [0.05, 0.1) is 0 Å². The summed E-state index contributed by atoms with van der Waals surface area (Å²) >= 11 is 0. The number of hydrogen-bond acceptors (Lipinski definition) is 2. The standard InChI is InChI=1S/C16H26FNO/c1-4-18-11-14(9-10-19-12-13(2)3)15-7-5-6-8-16(15)17/h5-8,13-14,18H,4,9-12H2,1-3H3. The SMILES string of the molecule is CCNCC(CCOCC(C)C)c1ccccc1F. The lowest BCUT2D eigenvalue weighted by Gasteiger charge is -2.19. The molecule has 0 fully saturated rings. The molecule has 0 bridgehead atoms. The van der Waals surface area contributed by atoms with Gasteiger partial charge >= 0.3 is 0 Å². The maximum absolute atomic E-state index is 13.8. The largest absolute Gasteiger partial charge is 0.381 e. The maximum Gasteiger partial charge on any atom is 0.126 e. The molecule has 1 atom stereocenters. The Labute approximate surface area is 116 Å². The Morgan fingerprint density at radius 2 is 2.00 bits per heavy atom. The number of nitrogens with one attached hydrogen (secondary N) is 1. The van der Waals surface area contributed by atoms with Crippen LogP contribution in [0.2, 0.25) is 0 Å². The van der Waals surface area contributed by atoms with Crippen LogP contribution in [0.5, 0.6) is 0 Å². The van der Waals surface area contributed by atoms with Crippen LogP contribution in [0.4, 0.5) is 4.39 Å². The Balaban J connectivity index is 2.54. The van der Waals surface area contributed by atoms with E-state index in [-0.39, 0.29) is 11.7 Å². The molecule has 0 aliphatic heterocycles. The number of hydrogen-bond donors (Lipinski definition) is 1. The van der Waals surface area contributed by atoms with Crippen molar-refractivity contribution in [2.45, 2.75) is 33.1 Å². The van der Waals surface area contributed by atoms with Crippen molar-refractivity contribution in [3.63, 3.8) is 0 Å². The summed E-state index contributed by atoms with van der Waals surface area (Å²) in [6.45, 7) is 9.47. The average Bonchev–Trinajstić information content (AvgIpc) is 2.39. The minimum absolute atomic E-state index is 0.116. The van der Waals surface area contributed by atoms with Gasteiger partial charge in [-0.2, -0.15) is 0 Å². The molecule has 0 amide bonds. The molecule has 0 aliphatic rings. The van der Waals surface area contributed by atoms with Crippen LogP contribution >= 0.6 is 0 Å². The Kier molecular flexibility index (Phi) is 7.68. The number of likely N-dealkylation sites (N-methyl/N-ethyl adjacent to an activating group) is 1. The smallest absolute Gasteiger partial charge is 0.126 e. The van der Waals surface area contributed by atoms with E-state index in [1.807, 2.05) is 12.1 Å². The fraction of sp³-hybridized carbons (Fsp3) is 0.625. The summed E-state index contributed by atoms with van der Waals surface area (Å²) in [4.78, 5) is 0. The van der Waals surface area contributed by atoms with Gasteiger partial charge < -0.3 is 10.1 Å². The van der Waals surface area contributed by atoms with Crippen molar-refractivity contribution in [3.05, 3.63) is 35.6 Å². The van der Waals surface area contributed by atoms with Gasteiger partial charge in [0.15, 0.2) is 0 Å². The zero-order valence-corrected chi connectivity index (χ0v) is 12.3. The second-order valence-electron chi connectivity index (χ2n) is 5.28. The minimum atomic E-state index is -0.116. The van der Waals surface area contributed by atoms with Gasteiger partial charge in [-0.15, -0.1) is 0 Å². The first-order valence-electron chi connectivity index (χ1n) is 7.18. The van der Waals surface area contributed by atoms with Gasteiger partial charge in [-0.3, -0.25) is 0 Å². The minimum Gasteiger partial charge on any atom is -0.381 e. The quantitative estimate of drug-likeness (QED) is 0.690. The summed E-state index contributed by atoms with van der Waals surface area (Å²) < 4.78 is 19.5. The van der Waals surface area contributed by atoms with E-state index in [9.17, 15) is 4.39 Å². The molecule has 1 aromatic rings. The molecule has 0 aliphatic carbocycles. The third-order valence-electron chi connectivity index (χ3n) is 3.05. The van der Waals surface area contributed by atoms with Gasteiger partial charge in [0, 0.05) is 25.7 Å². The van der Waals surface area contributed by atoms with Gasteiger partial charge in [-0.25, -0.2) is 4.39 Å². The Bertz CT molecular complexity index is 354. The average molecular weight is 267 g/mol. The highest BCUT2D eigenvalue weighted by molar-refractivity contribution is 5.22. The van der Waals surface area contributed by atoms with Crippen LogP contribution in [0.15, 0.2) is 24.3 Å². The highest BCUT2D eigenvalue weighted by atomic mass is 19.1. The number of benzene rings is 1.